The predicted octanol–water partition coefficient (Wildman–Crippen LogP) is 3.46. The van der Waals surface area contributed by atoms with Gasteiger partial charge in [0, 0.05) is 17.1 Å². The first-order chi connectivity index (χ1) is 7.56. The third-order valence-corrected chi connectivity index (χ3v) is 2.72. The van der Waals surface area contributed by atoms with Crippen molar-refractivity contribution in [3.05, 3.63) is 29.0 Å². The zero-order chi connectivity index (χ0) is 11.9. The molecule has 0 atom stereocenters. The Labute approximate surface area is 92.2 Å². The van der Waals surface area contributed by atoms with Crippen LogP contribution in [0.1, 0.15) is 18.2 Å². The van der Waals surface area contributed by atoms with E-state index in [9.17, 15) is 8.78 Å². The lowest BCUT2D eigenvalue weighted by Crippen LogP contribution is -1.98. The molecule has 0 fully saturated rings. The molecule has 1 heterocycles. The molecule has 0 saturated carbocycles. The van der Waals surface area contributed by atoms with Gasteiger partial charge < -0.3 is 9.72 Å². The minimum absolute atomic E-state index is 0.238. The van der Waals surface area contributed by atoms with Crippen LogP contribution in [0.5, 0.6) is 5.75 Å². The summed E-state index contributed by atoms with van der Waals surface area (Å²) in [6.07, 6.45) is 0. The summed E-state index contributed by atoms with van der Waals surface area (Å²) < 4.78 is 32.5. The van der Waals surface area contributed by atoms with Crippen LogP contribution in [0.25, 0.3) is 10.9 Å². The van der Waals surface area contributed by atoms with Crippen LogP contribution in [-0.4, -0.2) is 11.6 Å². The van der Waals surface area contributed by atoms with E-state index >= 15 is 0 Å². The van der Waals surface area contributed by atoms with Gasteiger partial charge in [0.05, 0.1) is 12.1 Å². The molecular formula is C12H13F2NO. The van der Waals surface area contributed by atoms with E-state index in [-0.39, 0.29) is 12.4 Å². The van der Waals surface area contributed by atoms with Crippen LogP contribution >= 0.6 is 0 Å². The fourth-order valence-corrected chi connectivity index (χ4v) is 1.83. The van der Waals surface area contributed by atoms with Gasteiger partial charge in [-0.1, -0.05) is 0 Å². The van der Waals surface area contributed by atoms with Gasteiger partial charge in [0.15, 0.2) is 17.4 Å². The largest absolute Gasteiger partial charge is 0.488 e. The highest BCUT2D eigenvalue weighted by atomic mass is 19.1. The molecule has 0 aliphatic carbocycles. The number of nitrogens with one attached hydrogen (secondary N) is 1. The second-order valence-electron chi connectivity index (χ2n) is 3.73. The van der Waals surface area contributed by atoms with Crippen molar-refractivity contribution in [3.63, 3.8) is 0 Å². The molecule has 0 radical (unpaired) electrons. The number of ether oxygens (including phenoxy) is 1. The number of H-pyrrole nitrogens is 1. The number of aromatic nitrogens is 1. The van der Waals surface area contributed by atoms with Gasteiger partial charge in [-0.2, -0.15) is 0 Å². The van der Waals surface area contributed by atoms with Crippen LogP contribution in [0.3, 0.4) is 0 Å². The number of hydrogen-bond donors (Lipinski definition) is 1. The van der Waals surface area contributed by atoms with Gasteiger partial charge in [0.2, 0.25) is 0 Å². The van der Waals surface area contributed by atoms with Crippen molar-refractivity contribution in [3.8, 4) is 5.75 Å². The van der Waals surface area contributed by atoms with E-state index in [1.54, 1.807) is 13.8 Å². The minimum atomic E-state index is -0.673. The molecule has 2 aromatic rings. The molecule has 0 aliphatic rings. The molecule has 1 N–H and O–H groups in total. The number of aryl methyl sites for hydroxylation is 2. The molecule has 86 valence electrons. The number of benzene rings is 1. The molecular weight excluding hydrogens is 212 g/mol. The summed E-state index contributed by atoms with van der Waals surface area (Å²) in [5, 5.41) is 0.405. The molecule has 0 saturated heterocycles. The number of halogens is 2. The summed E-state index contributed by atoms with van der Waals surface area (Å²) in [5.74, 6) is -1.59. The van der Waals surface area contributed by atoms with Crippen LogP contribution in [0.15, 0.2) is 6.07 Å². The van der Waals surface area contributed by atoms with Gasteiger partial charge in [-0.15, -0.1) is 0 Å². The maximum Gasteiger partial charge on any atom is 0.191 e. The summed E-state index contributed by atoms with van der Waals surface area (Å²) >= 11 is 0. The Balaban J connectivity index is 2.79. The first kappa shape index (κ1) is 10.9. The summed E-state index contributed by atoms with van der Waals surface area (Å²) in [6.45, 7) is 5.55. The lowest BCUT2D eigenvalue weighted by Gasteiger charge is -2.07. The first-order valence-electron chi connectivity index (χ1n) is 5.16. The SMILES string of the molecule is CCOc1c(F)cc2[nH]c(C)c(C)c2c1F. The Morgan fingerprint density at radius 2 is 2.00 bits per heavy atom. The fourth-order valence-electron chi connectivity index (χ4n) is 1.83. The van der Waals surface area contributed by atoms with Crippen molar-refractivity contribution < 1.29 is 13.5 Å². The summed E-state index contributed by atoms with van der Waals surface area (Å²) in [6, 6.07) is 1.27. The van der Waals surface area contributed by atoms with E-state index in [2.05, 4.69) is 4.98 Å². The predicted molar refractivity (Wildman–Crippen MR) is 58.9 cm³/mol. The molecule has 0 bridgehead atoms. The summed E-state index contributed by atoms with van der Waals surface area (Å²) in [5.41, 5.74) is 2.09. The van der Waals surface area contributed by atoms with Crippen molar-refractivity contribution in [2.75, 3.05) is 6.61 Å². The molecule has 1 aromatic carbocycles. The van der Waals surface area contributed by atoms with E-state index < -0.39 is 11.6 Å². The normalized spacial score (nSPS) is 11.1. The lowest BCUT2D eigenvalue weighted by molar-refractivity contribution is 0.304. The number of aromatic amines is 1. The van der Waals surface area contributed by atoms with E-state index in [4.69, 9.17) is 4.74 Å². The highest BCUT2D eigenvalue weighted by Crippen LogP contribution is 2.32. The van der Waals surface area contributed by atoms with Crippen LogP contribution in [0.2, 0.25) is 0 Å². The van der Waals surface area contributed by atoms with Crippen molar-refractivity contribution in [1.29, 1.82) is 0 Å². The average Bonchev–Trinajstić information content (AvgIpc) is 2.49. The van der Waals surface area contributed by atoms with E-state index in [0.717, 1.165) is 11.3 Å². The minimum Gasteiger partial charge on any atom is -0.488 e. The summed E-state index contributed by atoms with van der Waals surface area (Å²) in [4.78, 5) is 2.94. The Kier molecular flexibility index (Phi) is 2.58. The van der Waals surface area contributed by atoms with Crippen LogP contribution < -0.4 is 4.74 Å². The quantitative estimate of drug-likeness (QED) is 0.831. The molecule has 0 unspecified atom stereocenters. The van der Waals surface area contributed by atoms with E-state index in [1.165, 1.54) is 6.07 Å². The second kappa shape index (κ2) is 3.77. The van der Waals surface area contributed by atoms with Crippen molar-refractivity contribution in [1.82, 2.24) is 4.98 Å². The smallest absolute Gasteiger partial charge is 0.191 e. The molecule has 2 nitrogen and oxygen atoms in total. The van der Waals surface area contributed by atoms with Crippen molar-refractivity contribution >= 4 is 10.9 Å². The third-order valence-electron chi connectivity index (χ3n) is 2.72. The van der Waals surface area contributed by atoms with Crippen molar-refractivity contribution in [2.45, 2.75) is 20.8 Å². The Morgan fingerprint density at radius 1 is 1.31 bits per heavy atom. The molecule has 0 spiro atoms. The molecule has 0 amide bonds. The average molecular weight is 225 g/mol. The van der Waals surface area contributed by atoms with Gasteiger partial charge >= 0.3 is 0 Å². The Morgan fingerprint density at radius 3 is 2.62 bits per heavy atom. The molecule has 4 heteroatoms. The Hall–Kier alpha value is -1.58. The summed E-state index contributed by atoms with van der Waals surface area (Å²) in [7, 11) is 0. The highest BCUT2D eigenvalue weighted by Gasteiger charge is 2.18. The maximum absolute atomic E-state index is 14.0. The van der Waals surface area contributed by atoms with Gasteiger partial charge in [-0.05, 0) is 26.3 Å². The fraction of sp³-hybridized carbons (Fsp3) is 0.333. The Bertz CT molecular complexity index is 546. The molecule has 0 aliphatic heterocycles. The van der Waals surface area contributed by atoms with Gasteiger partial charge in [-0.3, -0.25) is 0 Å². The first-order valence-corrected chi connectivity index (χ1v) is 5.16. The third kappa shape index (κ3) is 1.45. The van der Waals surface area contributed by atoms with Crippen LogP contribution in [0.4, 0.5) is 8.78 Å². The standard InChI is InChI=1S/C12H13F2NO/c1-4-16-12-8(13)5-9-10(11(12)14)6(2)7(3)15-9/h5,15H,4H2,1-3H3. The second-order valence-corrected chi connectivity index (χ2v) is 3.73. The maximum atomic E-state index is 14.0. The van der Waals surface area contributed by atoms with Gasteiger partial charge in [-0.25, -0.2) is 8.78 Å². The lowest BCUT2D eigenvalue weighted by atomic mass is 10.1. The van der Waals surface area contributed by atoms with E-state index in [0.29, 0.717) is 10.9 Å². The number of rotatable bonds is 2. The highest BCUT2D eigenvalue weighted by molar-refractivity contribution is 5.86. The van der Waals surface area contributed by atoms with Gasteiger partial charge in [0.1, 0.15) is 0 Å². The monoisotopic (exact) mass is 225 g/mol. The number of hydrogen-bond acceptors (Lipinski definition) is 1. The van der Waals surface area contributed by atoms with Crippen LogP contribution in [-0.2, 0) is 0 Å². The van der Waals surface area contributed by atoms with Crippen LogP contribution in [0, 0.1) is 25.5 Å². The number of fused-ring (bicyclic) bond motifs is 1. The molecule has 16 heavy (non-hydrogen) atoms. The zero-order valence-electron chi connectivity index (χ0n) is 9.45. The molecule has 2 rings (SSSR count). The van der Waals surface area contributed by atoms with Gasteiger partial charge in [0.25, 0.3) is 0 Å². The molecule has 1 aromatic heterocycles. The van der Waals surface area contributed by atoms with E-state index in [1.807, 2.05) is 6.92 Å². The zero-order valence-corrected chi connectivity index (χ0v) is 9.45. The van der Waals surface area contributed by atoms with Crippen molar-refractivity contribution in [2.24, 2.45) is 0 Å². The topological polar surface area (TPSA) is 25.0 Å².